The number of hydrogen-bond donors (Lipinski definition) is 0. The largest absolute Gasteiger partial charge is 0.455 e. The summed E-state index contributed by atoms with van der Waals surface area (Å²) < 4.78 is 7.44. The molecule has 0 aliphatic heterocycles. The highest BCUT2D eigenvalue weighted by atomic mass is 16.3. The minimum atomic E-state index is -0.194. The summed E-state index contributed by atoms with van der Waals surface area (Å²) in [4.78, 5) is 4.94. The van der Waals surface area contributed by atoms with Crippen LogP contribution in [0.15, 0.2) is 301 Å². The van der Waals surface area contributed by atoms with Crippen molar-refractivity contribution < 1.29 is 4.42 Å². The summed E-state index contributed by atoms with van der Waals surface area (Å²) in [5, 5.41) is 6.75. The van der Waals surface area contributed by atoms with Gasteiger partial charge in [-0.2, -0.15) is 0 Å². The fourth-order valence-electron chi connectivity index (χ4n) is 15.2. The number of hydrogen-bond acceptors (Lipinski definition) is 3. The van der Waals surface area contributed by atoms with Crippen LogP contribution in [0.25, 0.3) is 105 Å². The number of nitrogens with zero attached hydrogens (tertiary/aromatic N) is 2. The van der Waals surface area contributed by atoms with Crippen LogP contribution in [0.1, 0.15) is 62.8 Å². The Morgan fingerprint density at radius 2 is 0.764 bits per heavy atom. The van der Waals surface area contributed by atoms with E-state index in [9.17, 15) is 0 Å². The van der Waals surface area contributed by atoms with Gasteiger partial charge in [0.15, 0.2) is 0 Å². The molecule has 0 saturated carbocycles. The van der Waals surface area contributed by atoms with Gasteiger partial charge in [-0.25, -0.2) is 0 Å². The van der Waals surface area contributed by atoms with Gasteiger partial charge in [-0.05, 0) is 209 Å². The molecule has 0 amide bonds. The van der Waals surface area contributed by atoms with E-state index in [1.54, 1.807) is 0 Å². The first-order valence-electron chi connectivity index (χ1n) is 31.3. The van der Waals surface area contributed by atoms with Crippen molar-refractivity contribution in [2.45, 2.75) is 51.4 Å². The van der Waals surface area contributed by atoms with Crippen LogP contribution < -0.4 is 9.80 Å². The van der Waals surface area contributed by atoms with Crippen molar-refractivity contribution in [3.05, 3.63) is 319 Å². The Bertz CT molecular complexity index is 5130. The smallest absolute Gasteiger partial charge is 0.143 e. The standard InChI is InChI=1S/C86H64N2O/c1-85(2)78-35-21-19-32-70(78)72-41-37-64(52-80(72)85)87(67-47-59(55-23-9-5-10-24-55)45-60(48-67)56-25-11-6-12-26-56)63-39-43-75-77(51-63)69-31-17-18-34-74(69)83-76-44-40-66(54-82(76)89-84(75)83)88(65-38-42-73-71-33-20-22-36-79(71)86(3,4)81(73)53-65)68-49-61(57-27-13-7-14-28-57)46-62(50-68)58-29-15-8-16-30-58/h5-18,20-31,33-54H,19,32H2,1-4H3. The van der Waals surface area contributed by atoms with E-state index in [0.29, 0.717) is 0 Å². The lowest BCUT2D eigenvalue weighted by atomic mass is 9.80. The number of fused-ring (bicyclic) bond motifs is 13. The van der Waals surface area contributed by atoms with Crippen molar-refractivity contribution in [1.29, 1.82) is 0 Å². The first kappa shape index (κ1) is 52.6. The highest BCUT2D eigenvalue weighted by molar-refractivity contribution is 6.30. The molecule has 0 fully saturated rings. The second kappa shape index (κ2) is 20.4. The molecule has 3 aliphatic carbocycles. The van der Waals surface area contributed by atoms with Crippen LogP contribution in [0.2, 0.25) is 0 Å². The number of furan rings is 1. The highest BCUT2D eigenvalue weighted by Crippen LogP contribution is 2.55. The van der Waals surface area contributed by atoms with Crippen LogP contribution in [-0.4, -0.2) is 0 Å². The molecule has 1 aromatic heterocycles. The maximum atomic E-state index is 7.44. The van der Waals surface area contributed by atoms with Crippen LogP contribution >= 0.6 is 0 Å². The Hall–Kier alpha value is -10.7. The van der Waals surface area contributed by atoms with Crippen LogP contribution in [0, 0.1) is 0 Å². The van der Waals surface area contributed by atoms with E-state index in [4.69, 9.17) is 4.42 Å². The fourth-order valence-corrected chi connectivity index (χ4v) is 15.2. The second-order valence-corrected chi connectivity index (χ2v) is 25.5. The first-order valence-corrected chi connectivity index (χ1v) is 31.3. The van der Waals surface area contributed by atoms with E-state index in [1.165, 1.54) is 61.0 Å². The summed E-state index contributed by atoms with van der Waals surface area (Å²) >= 11 is 0. The minimum absolute atomic E-state index is 0.143. The maximum absolute atomic E-state index is 7.44. The molecule has 424 valence electrons. The average molecular weight is 1140 g/mol. The van der Waals surface area contributed by atoms with Gasteiger partial charge in [-0.3, -0.25) is 0 Å². The third-order valence-corrected chi connectivity index (χ3v) is 19.6. The molecule has 0 saturated heterocycles. The lowest BCUT2D eigenvalue weighted by Crippen LogP contribution is -2.18. The van der Waals surface area contributed by atoms with Gasteiger partial charge in [0.25, 0.3) is 0 Å². The van der Waals surface area contributed by atoms with Crippen molar-refractivity contribution >= 4 is 83.2 Å². The van der Waals surface area contributed by atoms with Crippen LogP contribution in [0.3, 0.4) is 0 Å². The van der Waals surface area contributed by atoms with E-state index in [1.807, 2.05) is 0 Å². The molecule has 3 nitrogen and oxygen atoms in total. The Morgan fingerprint density at radius 1 is 0.315 bits per heavy atom. The minimum Gasteiger partial charge on any atom is -0.455 e. The predicted molar refractivity (Wildman–Crippen MR) is 376 cm³/mol. The number of allylic oxidation sites excluding steroid dienone is 4. The molecule has 89 heavy (non-hydrogen) atoms. The quantitative estimate of drug-likeness (QED) is 0.127. The topological polar surface area (TPSA) is 19.6 Å². The van der Waals surface area contributed by atoms with E-state index >= 15 is 0 Å². The van der Waals surface area contributed by atoms with Gasteiger partial charge < -0.3 is 14.2 Å². The monoisotopic (exact) mass is 1140 g/mol. The number of benzene rings is 13. The third kappa shape index (κ3) is 8.55. The molecule has 3 aliphatic rings. The van der Waals surface area contributed by atoms with E-state index in [2.05, 4.69) is 329 Å². The van der Waals surface area contributed by atoms with Crippen molar-refractivity contribution in [1.82, 2.24) is 0 Å². The molecular weight excluding hydrogens is 1080 g/mol. The molecule has 0 spiro atoms. The molecule has 13 aromatic carbocycles. The van der Waals surface area contributed by atoms with Gasteiger partial charge in [0, 0.05) is 67.2 Å². The summed E-state index contributed by atoms with van der Waals surface area (Å²) in [5.74, 6) is 0. The maximum Gasteiger partial charge on any atom is 0.143 e. The Balaban J connectivity index is 0.869. The molecule has 3 heteroatoms. The molecule has 0 unspecified atom stereocenters. The molecular formula is C86H64N2O. The SMILES string of the molecule is CC1(C)C2=C(CCC=C2)c2ccc(N(c3cc(-c4ccccc4)cc(-c4ccccc4)c3)c3ccc4c(c3)c3ccccc3c3c5ccc(N(c6cc(-c7ccccc7)cc(-c7ccccc7)c6)c6ccc7c(c6)C(C)(C)c6ccccc6-7)cc5oc43)cc21. The zero-order valence-electron chi connectivity index (χ0n) is 50.4. The number of rotatable bonds is 10. The lowest BCUT2D eigenvalue weighted by Gasteiger charge is -2.30. The van der Waals surface area contributed by atoms with Crippen LogP contribution in [0.4, 0.5) is 34.1 Å². The van der Waals surface area contributed by atoms with Gasteiger partial charge in [-0.15, -0.1) is 0 Å². The summed E-state index contributed by atoms with van der Waals surface area (Å²) in [7, 11) is 0. The molecule has 0 bridgehead atoms. The van der Waals surface area contributed by atoms with E-state index in [-0.39, 0.29) is 10.8 Å². The molecule has 0 atom stereocenters. The summed E-state index contributed by atoms with van der Waals surface area (Å²) in [6.45, 7) is 9.54. The fraction of sp³-hybridized carbons (Fsp3) is 0.0930. The summed E-state index contributed by atoms with van der Waals surface area (Å²) in [5.41, 5.74) is 28.1. The van der Waals surface area contributed by atoms with Gasteiger partial charge in [0.1, 0.15) is 11.2 Å². The third-order valence-electron chi connectivity index (χ3n) is 19.6. The van der Waals surface area contributed by atoms with E-state index < -0.39 is 0 Å². The second-order valence-electron chi connectivity index (χ2n) is 25.5. The van der Waals surface area contributed by atoms with Gasteiger partial charge in [0.05, 0.1) is 0 Å². The Morgan fingerprint density at radius 3 is 1.34 bits per heavy atom. The van der Waals surface area contributed by atoms with Crippen molar-refractivity contribution in [3.63, 3.8) is 0 Å². The van der Waals surface area contributed by atoms with Crippen LogP contribution in [-0.2, 0) is 10.8 Å². The normalized spacial score (nSPS) is 14.3. The lowest BCUT2D eigenvalue weighted by molar-refractivity contribution is 0.651. The average Bonchev–Trinajstić information content (AvgIpc) is 1.68. The predicted octanol–water partition coefficient (Wildman–Crippen LogP) is 24.2. The van der Waals surface area contributed by atoms with Gasteiger partial charge in [-0.1, -0.05) is 222 Å². The van der Waals surface area contributed by atoms with Crippen molar-refractivity contribution in [2.24, 2.45) is 0 Å². The molecule has 17 rings (SSSR count). The summed E-state index contributed by atoms with van der Waals surface area (Å²) in [6.07, 6.45) is 6.88. The van der Waals surface area contributed by atoms with Gasteiger partial charge in [0.2, 0.25) is 0 Å². The zero-order chi connectivity index (χ0) is 59.5. The molecule has 1 heterocycles. The molecule has 0 N–H and O–H groups in total. The Kier molecular flexibility index (Phi) is 12.1. The van der Waals surface area contributed by atoms with Crippen molar-refractivity contribution in [3.8, 4) is 55.6 Å². The zero-order valence-corrected chi connectivity index (χ0v) is 50.4. The van der Waals surface area contributed by atoms with Gasteiger partial charge >= 0.3 is 0 Å². The van der Waals surface area contributed by atoms with E-state index in [0.717, 1.165) is 118 Å². The van der Waals surface area contributed by atoms with Crippen molar-refractivity contribution in [2.75, 3.05) is 9.80 Å². The van der Waals surface area contributed by atoms with Crippen LogP contribution in [0.5, 0.6) is 0 Å². The summed E-state index contributed by atoms with van der Waals surface area (Å²) in [6, 6.07) is 103. The molecule has 0 radical (unpaired) electrons. The Labute approximate surface area is 520 Å². The number of anilines is 6. The first-order chi connectivity index (χ1) is 43.6. The molecule has 14 aromatic rings. The highest BCUT2D eigenvalue weighted by Gasteiger charge is 2.39.